The van der Waals surface area contributed by atoms with Gasteiger partial charge in [-0.1, -0.05) is 48.5 Å². The quantitative estimate of drug-likeness (QED) is 0.380. The maximum atomic E-state index is 12.0. The van der Waals surface area contributed by atoms with Crippen molar-refractivity contribution >= 4 is 39.5 Å². The van der Waals surface area contributed by atoms with E-state index >= 15 is 0 Å². The fourth-order valence-electron chi connectivity index (χ4n) is 2.90. The molecule has 0 aliphatic heterocycles. The van der Waals surface area contributed by atoms with Crippen molar-refractivity contribution in [1.29, 1.82) is 0 Å². The molecule has 0 atom stereocenters. The fraction of sp³-hybridized carbons (Fsp3) is 0.0476. The molecule has 0 bridgehead atoms. The van der Waals surface area contributed by atoms with E-state index in [0.717, 1.165) is 27.5 Å². The summed E-state index contributed by atoms with van der Waals surface area (Å²) in [6.45, 7) is 0.156. The molecular weight excluding hydrogens is 324 g/mol. The van der Waals surface area contributed by atoms with Crippen LogP contribution in [0, 0.1) is 0 Å². The number of nitrogens with zero attached hydrogens (tertiary/aromatic N) is 1. The minimum Gasteiger partial charge on any atom is -0.376 e. The largest absolute Gasteiger partial charge is 0.376 e. The highest BCUT2D eigenvalue weighted by Crippen LogP contribution is 2.18. The van der Waals surface area contributed by atoms with Crippen molar-refractivity contribution in [3.63, 3.8) is 0 Å². The summed E-state index contributed by atoms with van der Waals surface area (Å²) in [4.78, 5) is 15.1. The minimum atomic E-state index is -0.200. The average Bonchev–Trinajstić information content (AvgIpc) is 3.09. The summed E-state index contributed by atoms with van der Waals surface area (Å²) in [6, 6.07) is 22.1. The molecule has 0 aliphatic carbocycles. The number of fused-ring (bicyclic) bond motifs is 2. The van der Waals surface area contributed by atoms with Crippen molar-refractivity contribution in [2.45, 2.75) is 0 Å². The van der Waals surface area contributed by atoms with E-state index in [0.29, 0.717) is 0 Å². The van der Waals surface area contributed by atoms with Crippen molar-refractivity contribution in [3.05, 3.63) is 78.5 Å². The molecule has 0 saturated carbocycles. The van der Waals surface area contributed by atoms with Crippen LogP contribution in [0.25, 0.3) is 21.7 Å². The number of rotatable bonds is 5. The van der Waals surface area contributed by atoms with Crippen LogP contribution in [0.3, 0.4) is 0 Å². The van der Waals surface area contributed by atoms with Gasteiger partial charge in [-0.05, 0) is 29.0 Å². The number of hydrogen-bond acceptors (Lipinski definition) is 3. The smallest absolute Gasteiger partial charge is 0.259 e. The summed E-state index contributed by atoms with van der Waals surface area (Å²) in [5, 5.41) is 10.5. The van der Waals surface area contributed by atoms with Crippen LogP contribution < -0.4 is 10.7 Å². The Labute approximate surface area is 150 Å². The third-order valence-corrected chi connectivity index (χ3v) is 4.22. The van der Waals surface area contributed by atoms with Gasteiger partial charge in [-0.3, -0.25) is 4.79 Å². The van der Waals surface area contributed by atoms with E-state index in [-0.39, 0.29) is 12.5 Å². The zero-order valence-corrected chi connectivity index (χ0v) is 14.1. The maximum absolute atomic E-state index is 12.0. The zero-order chi connectivity index (χ0) is 17.8. The van der Waals surface area contributed by atoms with Crippen LogP contribution >= 0.6 is 0 Å². The molecule has 4 rings (SSSR count). The molecule has 26 heavy (non-hydrogen) atoms. The molecule has 128 valence electrons. The lowest BCUT2D eigenvalue weighted by Crippen LogP contribution is -2.25. The van der Waals surface area contributed by atoms with Crippen LogP contribution in [0.5, 0.6) is 0 Å². The summed E-state index contributed by atoms with van der Waals surface area (Å²) in [6.07, 6.45) is 3.51. The third-order valence-electron chi connectivity index (χ3n) is 4.22. The molecule has 5 heteroatoms. The zero-order valence-electron chi connectivity index (χ0n) is 14.1. The third kappa shape index (κ3) is 3.42. The molecule has 0 aliphatic rings. The van der Waals surface area contributed by atoms with Crippen LogP contribution in [0.2, 0.25) is 0 Å². The van der Waals surface area contributed by atoms with Crippen molar-refractivity contribution in [2.24, 2.45) is 5.10 Å². The lowest BCUT2D eigenvalue weighted by atomic mass is 10.1. The van der Waals surface area contributed by atoms with Gasteiger partial charge in [0.2, 0.25) is 0 Å². The number of carbonyl (C=O) groups is 1. The fourth-order valence-corrected chi connectivity index (χ4v) is 2.90. The molecule has 5 nitrogen and oxygen atoms in total. The summed E-state index contributed by atoms with van der Waals surface area (Å²) in [5.74, 6) is -0.200. The molecule has 0 fully saturated rings. The number of aromatic amines is 1. The molecule has 0 unspecified atom stereocenters. The highest BCUT2D eigenvalue weighted by Gasteiger charge is 2.02. The van der Waals surface area contributed by atoms with Crippen LogP contribution in [0.4, 0.5) is 5.69 Å². The Kier molecular flexibility index (Phi) is 4.35. The van der Waals surface area contributed by atoms with E-state index in [1.54, 1.807) is 6.21 Å². The summed E-state index contributed by atoms with van der Waals surface area (Å²) >= 11 is 0. The molecule has 1 heterocycles. The minimum absolute atomic E-state index is 0.156. The highest BCUT2D eigenvalue weighted by molar-refractivity contribution is 5.99. The van der Waals surface area contributed by atoms with E-state index in [1.807, 2.05) is 66.9 Å². The van der Waals surface area contributed by atoms with Crippen LogP contribution in [0.1, 0.15) is 5.56 Å². The van der Waals surface area contributed by atoms with E-state index in [2.05, 4.69) is 26.9 Å². The van der Waals surface area contributed by atoms with Crippen LogP contribution in [-0.4, -0.2) is 23.7 Å². The Morgan fingerprint density at radius 1 is 1.00 bits per heavy atom. The van der Waals surface area contributed by atoms with Gasteiger partial charge in [-0.15, -0.1) is 0 Å². The summed E-state index contributed by atoms with van der Waals surface area (Å²) < 4.78 is 0. The number of carbonyl (C=O) groups excluding carboxylic acids is 1. The van der Waals surface area contributed by atoms with Gasteiger partial charge in [-0.2, -0.15) is 5.10 Å². The Hall–Kier alpha value is -3.60. The van der Waals surface area contributed by atoms with Gasteiger partial charge in [0.1, 0.15) is 0 Å². The molecular formula is C21H18N4O. The Morgan fingerprint density at radius 3 is 2.73 bits per heavy atom. The number of benzene rings is 3. The van der Waals surface area contributed by atoms with Crippen molar-refractivity contribution < 1.29 is 4.79 Å². The maximum Gasteiger partial charge on any atom is 0.259 e. The first-order valence-corrected chi connectivity index (χ1v) is 8.40. The van der Waals surface area contributed by atoms with Crippen molar-refractivity contribution in [2.75, 3.05) is 11.9 Å². The Balaban J connectivity index is 1.34. The number of hydrazone groups is 1. The molecule has 3 N–H and O–H groups in total. The SMILES string of the molecule is O=C(CNc1ccc2ccccc2c1)N/N=C\c1c[nH]c2ccccc12. The number of H-pyrrole nitrogens is 1. The number of aromatic nitrogens is 1. The molecule has 1 amide bonds. The second kappa shape index (κ2) is 7.11. The van der Waals surface area contributed by atoms with Crippen LogP contribution in [-0.2, 0) is 4.79 Å². The van der Waals surface area contributed by atoms with Gasteiger partial charge in [0.15, 0.2) is 0 Å². The number of para-hydroxylation sites is 1. The predicted octanol–water partition coefficient (Wildman–Crippen LogP) is 3.88. The Bertz CT molecular complexity index is 1100. The van der Waals surface area contributed by atoms with Crippen molar-refractivity contribution in [3.8, 4) is 0 Å². The first kappa shape index (κ1) is 15.9. The molecule has 0 saturated heterocycles. The highest BCUT2D eigenvalue weighted by atomic mass is 16.2. The molecule has 0 spiro atoms. The van der Waals surface area contributed by atoms with Gasteiger partial charge in [0, 0.05) is 28.4 Å². The summed E-state index contributed by atoms with van der Waals surface area (Å²) in [7, 11) is 0. The second-order valence-electron chi connectivity index (χ2n) is 6.00. The summed E-state index contributed by atoms with van der Waals surface area (Å²) in [5.41, 5.74) is 5.42. The lowest BCUT2D eigenvalue weighted by Gasteiger charge is -2.06. The molecule has 3 aromatic carbocycles. The van der Waals surface area contributed by atoms with Gasteiger partial charge >= 0.3 is 0 Å². The van der Waals surface area contributed by atoms with E-state index in [4.69, 9.17) is 0 Å². The van der Waals surface area contributed by atoms with Crippen LogP contribution in [0.15, 0.2) is 78.0 Å². The molecule has 0 radical (unpaired) electrons. The number of anilines is 1. The van der Waals surface area contributed by atoms with Gasteiger partial charge in [0.25, 0.3) is 5.91 Å². The van der Waals surface area contributed by atoms with E-state index < -0.39 is 0 Å². The first-order valence-electron chi connectivity index (χ1n) is 8.40. The number of amides is 1. The molecule has 4 aromatic rings. The normalized spacial score (nSPS) is 11.2. The second-order valence-corrected chi connectivity index (χ2v) is 6.00. The monoisotopic (exact) mass is 342 g/mol. The predicted molar refractivity (Wildman–Crippen MR) is 106 cm³/mol. The number of hydrogen-bond donors (Lipinski definition) is 3. The topological polar surface area (TPSA) is 69.3 Å². The van der Waals surface area contributed by atoms with Gasteiger partial charge < -0.3 is 10.3 Å². The van der Waals surface area contributed by atoms with Crippen molar-refractivity contribution in [1.82, 2.24) is 10.4 Å². The van der Waals surface area contributed by atoms with Gasteiger partial charge in [-0.25, -0.2) is 5.43 Å². The van der Waals surface area contributed by atoms with E-state index in [9.17, 15) is 4.79 Å². The van der Waals surface area contributed by atoms with E-state index in [1.165, 1.54) is 5.39 Å². The molecule has 1 aromatic heterocycles. The Morgan fingerprint density at radius 2 is 1.81 bits per heavy atom. The average molecular weight is 342 g/mol. The standard InChI is InChI=1S/C21H18N4O/c26-21(14-22-18-10-9-15-5-1-2-6-16(15)11-18)25-24-13-17-12-23-20-8-4-3-7-19(17)20/h1-13,22-23H,14H2,(H,25,26)/b24-13-. The first-order chi connectivity index (χ1) is 12.8. The van der Waals surface area contributed by atoms with Gasteiger partial charge in [0.05, 0.1) is 12.8 Å². The lowest BCUT2D eigenvalue weighted by molar-refractivity contribution is -0.119. The number of nitrogens with one attached hydrogen (secondary N) is 3.